The second-order valence-electron chi connectivity index (χ2n) is 5.54. The van der Waals surface area contributed by atoms with E-state index in [9.17, 15) is 0 Å². The molecule has 5 nitrogen and oxygen atoms in total. The molecule has 2 aromatic heterocycles. The van der Waals surface area contributed by atoms with Gasteiger partial charge in [-0.2, -0.15) is 4.98 Å². The maximum atomic E-state index is 4.55. The normalized spacial score (nSPS) is 10.7. The Balaban J connectivity index is 1.92. The van der Waals surface area contributed by atoms with Crippen molar-refractivity contribution in [1.82, 2.24) is 15.0 Å². The topological polar surface area (TPSA) is 53.9 Å². The molecular weight excluding hydrogens is 262 g/mol. The van der Waals surface area contributed by atoms with E-state index in [2.05, 4.69) is 39.0 Å². The standard InChI is InChI=1S/C16H23N5/c1-13(2)12-19-15-6-10-18-16(20-15)21(3)11-7-14-4-8-17-9-5-14/h4-6,8-10,13H,7,11-12H2,1-3H3,(H,18,19,20). The molecule has 0 aliphatic rings. The molecule has 0 saturated carbocycles. The fraction of sp³-hybridized carbons (Fsp3) is 0.438. The minimum atomic E-state index is 0.591. The van der Waals surface area contributed by atoms with Gasteiger partial charge < -0.3 is 10.2 Å². The van der Waals surface area contributed by atoms with Gasteiger partial charge >= 0.3 is 0 Å². The molecule has 0 radical (unpaired) electrons. The number of likely N-dealkylation sites (N-methyl/N-ethyl adjacent to an activating group) is 1. The highest BCUT2D eigenvalue weighted by atomic mass is 15.2. The molecule has 2 aromatic rings. The zero-order valence-corrected chi connectivity index (χ0v) is 13.0. The zero-order chi connectivity index (χ0) is 15.1. The number of hydrogen-bond acceptors (Lipinski definition) is 5. The van der Waals surface area contributed by atoms with Gasteiger partial charge in [-0.25, -0.2) is 4.98 Å². The molecule has 5 heteroatoms. The van der Waals surface area contributed by atoms with Crippen molar-refractivity contribution in [2.45, 2.75) is 20.3 Å². The predicted molar refractivity (Wildman–Crippen MR) is 86.6 cm³/mol. The van der Waals surface area contributed by atoms with Gasteiger partial charge in [0.25, 0.3) is 0 Å². The van der Waals surface area contributed by atoms with E-state index in [-0.39, 0.29) is 0 Å². The third kappa shape index (κ3) is 5.02. The SMILES string of the molecule is CC(C)CNc1ccnc(N(C)CCc2ccncc2)n1. The zero-order valence-electron chi connectivity index (χ0n) is 13.0. The van der Waals surface area contributed by atoms with Crippen molar-refractivity contribution >= 4 is 11.8 Å². The smallest absolute Gasteiger partial charge is 0.226 e. The van der Waals surface area contributed by atoms with Crippen LogP contribution in [0.3, 0.4) is 0 Å². The number of rotatable bonds is 7. The molecule has 1 N–H and O–H groups in total. The third-order valence-electron chi connectivity index (χ3n) is 3.16. The Hall–Kier alpha value is -2.17. The Morgan fingerprint density at radius 1 is 1.14 bits per heavy atom. The third-order valence-corrected chi connectivity index (χ3v) is 3.16. The summed E-state index contributed by atoms with van der Waals surface area (Å²) in [5, 5.41) is 3.33. The molecule has 0 aliphatic heterocycles. The molecule has 0 amide bonds. The first kappa shape index (κ1) is 15.2. The Labute approximate surface area is 126 Å². The van der Waals surface area contributed by atoms with Crippen molar-refractivity contribution in [3.8, 4) is 0 Å². The lowest BCUT2D eigenvalue weighted by molar-refractivity contribution is 0.686. The lowest BCUT2D eigenvalue weighted by Crippen LogP contribution is -2.23. The largest absolute Gasteiger partial charge is 0.370 e. The van der Waals surface area contributed by atoms with Gasteiger partial charge in [0.1, 0.15) is 5.82 Å². The number of anilines is 2. The minimum Gasteiger partial charge on any atom is -0.370 e. The number of hydrogen-bond donors (Lipinski definition) is 1. The van der Waals surface area contributed by atoms with Gasteiger partial charge in [0.2, 0.25) is 5.95 Å². The first-order valence-electron chi connectivity index (χ1n) is 7.32. The van der Waals surface area contributed by atoms with Crippen molar-refractivity contribution in [3.05, 3.63) is 42.4 Å². The maximum Gasteiger partial charge on any atom is 0.226 e. The minimum absolute atomic E-state index is 0.591. The average molecular weight is 285 g/mol. The fourth-order valence-corrected chi connectivity index (χ4v) is 1.89. The first-order chi connectivity index (χ1) is 10.1. The van der Waals surface area contributed by atoms with E-state index in [4.69, 9.17) is 0 Å². The average Bonchev–Trinajstić information content (AvgIpc) is 2.52. The monoisotopic (exact) mass is 285 g/mol. The van der Waals surface area contributed by atoms with Crippen LogP contribution in [0.15, 0.2) is 36.8 Å². The Kier molecular flexibility index (Phi) is 5.49. The summed E-state index contributed by atoms with van der Waals surface area (Å²) in [6.07, 6.45) is 6.39. The van der Waals surface area contributed by atoms with E-state index < -0.39 is 0 Å². The van der Waals surface area contributed by atoms with Crippen LogP contribution in [0, 0.1) is 5.92 Å². The van der Waals surface area contributed by atoms with E-state index in [1.165, 1.54) is 5.56 Å². The molecule has 0 spiro atoms. The van der Waals surface area contributed by atoms with E-state index in [1.54, 1.807) is 6.20 Å². The first-order valence-corrected chi connectivity index (χ1v) is 7.32. The van der Waals surface area contributed by atoms with E-state index in [0.717, 1.165) is 31.3 Å². The lowest BCUT2D eigenvalue weighted by atomic mass is 10.2. The van der Waals surface area contributed by atoms with Crippen LogP contribution >= 0.6 is 0 Å². The summed E-state index contributed by atoms with van der Waals surface area (Å²) in [5.41, 5.74) is 1.27. The number of aromatic nitrogens is 3. The van der Waals surface area contributed by atoms with Crippen LogP contribution in [-0.2, 0) is 6.42 Å². The summed E-state index contributed by atoms with van der Waals surface area (Å²) in [6.45, 7) is 6.14. The van der Waals surface area contributed by atoms with Crippen LogP contribution in [-0.4, -0.2) is 35.1 Å². The van der Waals surface area contributed by atoms with Gasteiger partial charge in [0.15, 0.2) is 0 Å². The van der Waals surface area contributed by atoms with Crippen LogP contribution in [0.2, 0.25) is 0 Å². The molecule has 112 valence electrons. The highest BCUT2D eigenvalue weighted by molar-refractivity contribution is 5.40. The van der Waals surface area contributed by atoms with E-state index >= 15 is 0 Å². The highest BCUT2D eigenvalue weighted by Crippen LogP contribution is 2.11. The summed E-state index contributed by atoms with van der Waals surface area (Å²) < 4.78 is 0. The van der Waals surface area contributed by atoms with E-state index in [0.29, 0.717) is 5.92 Å². The van der Waals surface area contributed by atoms with Crippen molar-refractivity contribution in [1.29, 1.82) is 0 Å². The van der Waals surface area contributed by atoms with Crippen molar-refractivity contribution < 1.29 is 0 Å². The van der Waals surface area contributed by atoms with Crippen LogP contribution in [0.4, 0.5) is 11.8 Å². The van der Waals surface area contributed by atoms with Crippen molar-refractivity contribution in [2.75, 3.05) is 30.4 Å². The molecule has 0 bridgehead atoms. The Morgan fingerprint density at radius 2 is 1.90 bits per heavy atom. The Bertz CT molecular complexity index is 541. The molecule has 0 unspecified atom stereocenters. The predicted octanol–water partition coefficient (Wildman–Crippen LogP) is 2.62. The van der Waals surface area contributed by atoms with Crippen LogP contribution in [0.25, 0.3) is 0 Å². The molecule has 2 rings (SSSR count). The summed E-state index contributed by atoms with van der Waals surface area (Å²) >= 11 is 0. The number of nitrogens with one attached hydrogen (secondary N) is 1. The number of nitrogens with zero attached hydrogens (tertiary/aromatic N) is 4. The molecule has 21 heavy (non-hydrogen) atoms. The van der Waals surface area contributed by atoms with Crippen LogP contribution in [0.5, 0.6) is 0 Å². The summed E-state index contributed by atoms with van der Waals surface area (Å²) in [4.78, 5) is 15.0. The molecule has 0 aliphatic carbocycles. The molecule has 2 heterocycles. The summed E-state index contributed by atoms with van der Waals surface area (Å²) in [5.74, 6) is 2.22. The molecule has 0 atom stereocenters. The van der Waals surface area contributed by atoms with Gasteiger partial charge in [-0.15, -0.1) is 0 Å². The van der Waals surface area contributed by atoms with Crippen LogP contribution < -0.4 is 10.2 Å². The Morgan fingerprint density at radius 3 is 2.62 bits per heavy atom. The molecule has 0 fully saturated rings. The molecule has 0 saturated heterocycles. The fourth-order valence-electron chi connectivity index (χ4n) is 1.89. The maximum absolute atomic E-state index is 4.55. The molecule has 0 aromatic carbocycles. The van der Waals surface area contributed by atoms with E-state index in [1.807, 2.05) is 37.6 Å². The summed E-state index contributed by atoms with van der Waals surface area (Å²) in [7, 11) is 2.02. The second kappa shape index (κ2) is 7.57. The van der Waals surface area contributed by atoms with Gasteiger partial charge in [0, 0.05) is 38.7 Å². The van der Waals surface area contributed by atoms with Gasteiger partial charge in [-0.3, -0.25) is 4.98 Å². The quantitative estimate of drug-likeness (QED) is 0.847. The number of pyridine rings is 1. The molecular formula is C16H23N5. The van der Waals surface area contributed by atoms with Crippen LogP contribution in [0.1, 0.15) is 19.4 Å². The van der Waals surface area contributed by atoms with Crippen molar-refractivity contribution in [3.63, 3.8) is 0 Å². The van der Waals surface area contributed by atoms with Gasteiger partial charge in [-0.1, -0.05) is 13.8 Å². The second-order valence-corrected chi connectivity index (χ2v) is 5.54. The summed E-state index contributed by atoms with van der Waals surface area (Å²) in [6, 6.07) is 5.98. The lowest BCUT2D eigenvalue weighted by Gasteiger charge is -2.18. The highest BCUT2D eigenvalue weighted by Gasteiger charge is 2.06. The van der Waals surface area contributed by atoms with Gasteiger partial charge in [-0.05, 0) is 36.1 Å². The van der Waals surface area contributed by atoms with Gasteiger partial charge in [0.05, 0.1) is 0 Å². The van der Waals surface area contributed by atoms with Crippen molar-refractivity contribution in [2.24, 2.45) is 5.92 Å².